The average molecular weight is 309 g/mol. The molecular weight excluding hydrogens is 296 g/mol. The van der Waals surface area contributed by atoms with E-state index in [0.29, 0.717) is 17.1 Å². The zero-order chi connectivity index (χ0) is 13.3. The summed E-state index contributed by atoms with van der Waals surface area (Å²) in [4.78, 5) is 12.2. The summed E-state index contributed by atoms with van der Waals surface area (Å²) in [5, 5.41) is 6.72. The van der Waals surface area contributed by atoms with Gasteiger partial charge in [-0.05, 0) is 35.0 Å². The Bertz CT molecular complexity index is 587. The van der Waals surface area contributed by atoms with E-state index in [9.17, 15) is 4.79 Å². The molecule has 0 unspecified atom stereocenters. The van der Waals surface area contributed by atoms with Crippen LogP contribution in [0.5, 0.6) is 0 Å². The molecule has 0 bridgehead atoms. The molecule has 0 spiro atoms. The van der Waals surface area contributed by atoms with E-state index in [1.165, 1.54) is 10.9 Å². The Balaban J connectivity index is 2.30. The van der Waals surface area contributed by atoms with Crippen molar-refractivity contribution in [3.05, 3.63) is 40.0 Å². The SMILES string of the molecule is Cc1ccc(Br)c(C(=O)Nc2c(N)cnn2C)c1. The quantitative estimate of drug-likeness (QED) is 0.894. The molecule has 2 rings (SSSR count). The molecule has 1 heterocycles. The van der Waals surface area contributed by atoms with Gasteiger partial charge in [-0.3, -0.25) is 9.48 Å². The van der Waals surface area contributed by atoms with Crippen molar-refractivity contribution >= 4 is 33.3 Å². The molecule has 0 saturated heterocycles. The molecule has 0 aliphatic rings. The number of anilines is 2. The van der Waals surface area contributed by atoms with E-state index < -0.39 is 0 Å². The van der Waals surface area contributed by atoms with Gasteiger partial charge in [0.25, 0.3) is 5.91 Å². The molecule has 0 saturated carbocycles. The summed E-state index contributed by atoms with van der Waals surface area (Å²) in [6, 6.07) is 5.59. The van der Waals surface area contributed by atoms with Crippen LogP contribution < -0.4 is 11.1 Å². The van der Waals surface area contributed by atoms with Crippen LogP contribution in [0.2, 0.25) is 0 Å². The van der Waals surface area contributed by atoms with Crippen LogP contribution in [0, 0.1) is 6.92 Å². The zero-order valence-corrected chi connectivity index (χ0v) is 11.7. The predicted octanol–water partition coefficient (Wildman–Crippen LogP) is 2.33. The number of aromatic nitrogens is 2. The van der Waals surface area contributed by atoms with Crippen LogP contribution in [0.3, 0.4) is 0 Å². The van der Waals surface area contributed by atoms with Crippen molar-refractivity contribution in [1.29, 1.82) is 0 Å². The third-order valence-electron chi connectivity index (χ3n) is 2.57. The van der Waals surface area contributed by atoms with Crippen LogP contribution in [0.1, 0.15) is 15.9 Å². The molecule has 0 radical (unpaired) electrons. The molecule has 0 atom stereocenters. The number of carbonyl (C=O) groups is 1. The summed E-state index contributed by atoms with van der Waals surface area (Å²) in [5.41, 5.74) is 7.75. The number of rotatable bonds is 2. The van der Waals surface area contributed by atoms with Crippen molar-refractivity contribution in [3.8, 4) is 0 Å². The van der Waals surface area contributed by atoms with E-state index in [4.69, 9.17) is 5.73 Å². The van der Waals surface area contributed by atoms with Crippen molar-refractivity contribution in [1.82, 2.24) is 9.78 Å². The Morgan fingerprint density at radius 3 is 2.83 bits per heavy atom. The number of aryl methyl sites for hydroxylation is 2. The summed E-state index contributed by atoms with van der Waals surface area (Å²) in [7, 11) is 1.72. The Kier molecular flexibility index (Phi) is 3.38. The molecule has 0 aliphatic heterocycles. The maximum atomic E-state index is 12.2. The van der Waals surface area contributed by atoms with Gasteiger partial charge >= 0.3 is 0 Å². The van der Waals surface area contributed by atoms with E-state index >= 15 is 0 Å². The summed E-state index contributed by atoms with van der Waals surface area (Å²) in [5.74, 6) is 0.272. The highest BCUT2D eigenvalue weighted by Crippen LogP contribution is 2.21. The second-order valence-corrected chi connectivity index (χ2v) is 4.86. The number of hydrogen-bond acceptors (Lipinski definition) is 3. The normalized spacial score (nSPS) is 10.4. The number of benzene rings is 1. The van der Waals surface area contributed by atoms with Crippen molar-refractivity contribution in [3.63, 3.8) is 0 Å². The van der Waals surface area contributed by atoms with Crippen LogP contribution >= 0.6 is 15.9 Å². The maximum Gasteiger partial charge on any atom is 0.258 e. The first-order valence-electron chi connectivity index (χ1n) is 5.34. The topological polar surface area (TPSA) is 72.9 Å². The molecule has 2 aromatic rings. The molecule has 1 aromatic carbocycles. The molecule has 1 amide bonds. The van der Waals surface area contributed by atoms with Gasteiger partial charge in [-0.15, -0.1) is 0 Å². The number of hydrogen-bond donors (Lipinski definition) is 2. The lowest BCUT2D eigenvalue weighted by Gasteiger charge is -2.08. The number of halogens is 1. The monoisotopic (exact) mass is 308 g/mol. The number of amides is 1. The first-order chi connectivity index (χ1) is 8.49. The Hall–Kier alpha value is -1.82. The number of nitrogens with zero attached hydrogens (tertiary/aromatic N) is 2. The van der Waals surface area contributed by atoms with E-state index in [1.807, 2.05) is 25.1 Å². The van der Waals surface area contributed by atoms with E-state index in [2.05, 4.69) is 26.3 Å². The van der Waals surface area contributed by atoms with Gasteiger partial charge in [0.1, 0.15) is 0 Å². The number of carbonyl (C=O) groups excluding carboxylic acids is 1. The highest BCUT2D eigenvalue weighted by molar-refractivity contribution is 9.10. The molecule has 18 heavy (non-hydrogen) atoms. The average Bonchev–Trinajstić information content (AvgIpc) is 2.64. The maximum absolute atomic E-state index is 12.2. The third-order valence-corrected chi connectivity index (χ3v) is 3.26. The van der Waals surface area contributed by atoms with Crippen molar-refractivity contribution in [2.45, 2.75) is 6.92 Å². The van der Waals surface area contributed by atoms with Crippen molar-refractivity contribution < 1.29 is 4.79 Å². The van der Waals surface area contributed by atoms with Gasteiger partial charge in [0.05, 0.1) is 17.4 Å². The lowest BCUT2D eigenvalue weighted by atomic mass is 10.1. The molecule has 0 fully saturated rings. The minimum Gasteiger partial charge on any atom is -0.394 e. The fourth-order valence-corrected chi connectivity index (χ4v) is 2.02. The first-order valence-corrected chi connectivity index (χ1v) is 6.13. The Labute approximate surface area is 113 Å². The predicted molar refractivity (Wildman–Crippen MR) is 74.5 cm³/mol. The van der Waals surface area contributed by atoms with E-state index in [0.717, 1.165) is 10.0 Å². The summed E-state index contributed by atoms with van der Waals surface area (Å²) in [6.07, 6.45) is 1.50. The van der Waals surface area contributed by atoms with Gasteiger partial charge in [-0.25, -0.2) is 0 Å². The van der Waals surface area contributed by atoms with Gasteiger partial charge < -0.3 is 11.1 Å². The fraction of sp³-hybridized carbons (Fsp3) is 0.167. The standard InChI is InChI=1S/C12H13BrN4O/c1-7-3-4-9(13)8(5-7)12(18)16-11-10(14)6-15-17(11)2/h3-6H,14H2,1-2H3,(H,16,18). The van der Waals surface area contributed by atoms with Crippen molar-refractivity contribution in [2.75, 3.05) is 11.1 Å². The lowest BCUT2D eigenvalue weighted by Crippen LogP contribution is -2.16. The Morgan fingerprint density at radius 1 is 1.50 bits per heavy atom. The molecule has 0 aliphatic carbocycles. The van der Waals surface area contributed by atoms with Crippen LogP contribution in [-0.4, -0.2) is 15.7 Å². The first kappa shape index (κ1) is 12.6. The smallest absolute Gasteiger partial charge is 0.258 e. The number of nitrogens with two attached hydrogens (primary N) is 1. The van der Waals surface area contributed by atoms with Crippen LogP contribution in [0.15, 0.2) is 28.9 Å². The lowest BCUT2D eigenvalue weighted by molar-refractivity contribution is 0.102. The highest BCUT2D eigenvalue weighted by atomic mass is 79.9. The molecule has 94 valence electrons. The molecule has 6 heteroatoms. The molecular formula is C12H13BrN4O. The largest absolute Gasteiger partial charge is 0.394 e. The molecule has 5 nitrogen and oxygen atoms in total. The van der Waals surface area contributed by atoms with E-state index in [1.54, 1.807) is 7.05 Å². The second-order valence-electron chi connectivity index (χ2n) is 4.01. The van der Waals surface area contributed by atoms with Gasteiger partial charge in [-0.2, -0.15) is 5.10 Å². The van der Waals surface area contributed by atoms with E-state index in [-0.39, 0.29) is 5.91 Å². The fourth-order valence-electron chi connectivity index (χ4n) is 1.60. The number of nitrogen functional groups attached to an aromatic ring is 1. The third kappa shape index (κ3) is 2.38. The summed E-state index contributed by atoms with van der Waals surface area (Å²) >= 11 is 3.36. The number of nitrogens with one attached hydrogen (secondary N) is 1. The zero-order valence-electron chi connectivity index (χ0n) is 10.1. The Morgan fingerprint density at radius 2 is 2.22 bits per heavy atom. The highest BCUT2D eigenvalue weighted by Gasteiger charge is 2.14. The summed E-state index contributed by atoms with van der Waals surface area (Å²) < 4.78 is 2.27. The second kappa shape index (κ2) is 4.81. The molecule has 1 aromatic heterocycles. The van der Waals surface area contributed by atoms with Gasteiger partial charge in [-0.1, -0.05) is 11.6 Å². The van der Waals surface area contributed by atoms with Gasteiger partial charge in [0.2, 0.25) is 0 Å². The van der Waals surface area contributed by atoms with Crippen LogP contribution in [0.25, 0.3) is 0 Å². The van der Waals surface area contributed by atoms with Crippen LogP contribution in [-0.2, 0) is 7.05 Å². The molecule has 3 N–H and O–H groups in total. The summed E-state index contributed by atoms with van der Waals surface area (Å²) in [6.45, 7) is 1.93. The van der Waals surface area contributed by atoms with Gasteiger partial charge in [0, 0.05) is 11.5 Å². The minimum atomic E-state index is -0.221. The van der Waals surface area contributed by atoms with Crippen LogP contribution in [0.4, 0.5) is 11.5 Å². The minimum absolute atomic E-state index is 0.221. The van der Waals surface area contributed by atoms with Gasteiger partial charge in [0.15, 0.2) is 5.82 Å². The van der Waals surface area contributed by atoms with Crippen molar-refractivity contribution in [2.24, 2.45) is 7.05 Å².